The van der Waals surface area contributed by atoms with E-state index in [-0.39, 0.29) is 36.0 Å². The summed E-state index contributed by atoms with van der Waals surface area (Å²) < 4.78 is 7.33. The first-order valence-corrected chi connectivity index (χ1v) is 13.6. The lowest BCUT2D eigenvalue weighted by Gasteiger charge is -2.44. The van der Waals surface area contributed by atoms with Crippen LogP contribution in [0, 0.1) is 5.41 Å². The highest BCUT2D eigenvalue weighted by atomic mass is 16.5. The van der Waals surface area contributed by atoms with Crippen LogP contribution >= 0.6 is 0 Å². The van der Waals surface area contributed by atoms with Crippen molar-refractivity contribution in [2.75, 3.05) is 11.9 Å². The van der Waals surface area contributed by atoms with Gasteiger partial charge in [-0.2, -0.15) is 0 Å². The number of nitrogens with one attached hydrogen (secondary N) is 1. The maximum Gasteiger partial charge on any atom is 0.319 e. The van der Waals surface area contributed by atoms with Gasteiger partial charge in [0.05, 0.1) is 17.6 Å². The molecule has 0 saturated heterocycles. The quantitative estimate of drug-likeness (QED) is 0.419. The molecule has 5 N–H and O–H groups in total. The molecule has 2 aliphatic carbocycles. The number of para-hydroxylation sites is 1. The van der Waals surface area contributed by atoms with Crippen LogP contribution in [-0.4, -0.2) is 41.0 Å². The molecule has 2 saturated carbocycles. The standard InChI is InChI=1S/C30H34N4O4/c31-17-27(36)38-20-9-7-19(8-10-20)33-23-14-18(6-11-21(23)29(32)37)28-22-4-1-2-5-24(22)34-25(28)15-30(12-3-13-30)16-26(34)35/h1-2,4-6,11,14,19-20,33H,3,7-10,12-13,15-17,31H2,(H2,32,37)/t19-,20-. The van der Waals surface area contributed by atoms with Crippen LogP contribution in [0.1, 0.15) is 72.2 Å². The lowest BCUT2D eigenvalue weighted by Crippen LogP contribution is -2.40. The lowest BCUT2D eigenvalue weighted by molar-refractivity contribution is -0.148. The molecule has 0 radical (unpaired) electrons. The van der Waals surface area contributed by atoms with Crippen LogP contribution in [0.25, 0.3) is 22.0 Å². The molecule has 2 fully saturated rings. The highest BCUT2D eigenvalue weighted by Gasteiger charge is 2.45. The maximum atomic E-state index is 13.4. The van der Waals surface area contributed by atoms with Gasteiger partial charge in [0.25, 0.3) is 5.91 Å². The summed E-state index contributed by atoms with van der Waals surface area (Å²) in [6.45, 7) is -0.113. The zero-order chi connectivity index (χ0) is 26.4. The average molecular weight is 515 g/mol. The van der Waals surface area contributed by atoms with Crippen LogP contribution in [0.15, 0.2) is 42.5 Å². The number of nitrogens with zero attached hydrogens (tertiary/aromatic N) is 1. The predicted octanol–water partition coefficient (Wildman–Crippen LogP) is 4.39. The molecule has 2 heterocycles. The number of primary amides is 1. The van der Waals surface area contributed by atoms with Gasteiger partial charge in [-0.1, -0.05) is 30.7 Å². The molecule has 8 nitrogen and oxygen atoms in total. The Morgan fingerprint density at radius 1 is 1.05 bits per heavy atom. The second-order valence-electron chi connectivity index (χ2n) is 11.2. The van der Waals surface area contributed by atoms with Crippen LogP contribution in [0.3, 0.4) is 0 Å². The van der Waals surface area contributed by atoms with Gasteiger partial charge >= 0.3 is 5.97 Å². The van der Waals surface area contributed by atoms with Crippen molar-refractivity contribution in [1.29, 1.82) is 0 Å². The van der Waals surface area contributed by atoms with Crippen molar-refractivity contribution < 1.29 is 19.1 Å². The molecule has 1 aromatic heterocycles. The Kier molecular flexibility index (Phi) is 6.22. The lowest BCUT2D eigenvalue weighted by atomic mass is 9.62. The van der Waals surface area contributed by atoms with Crippen LogP contribution in [-0.2, 0) is 16.0 Å². The van der Waals surface area contributed by atoms with Crippen LogP contribution in [0.5, 0.6) is 0 Å². The second-order valence-corrected chi connectivity index (χ2v) is 11.2. The molecule has 198 valence electrons. The summed E-state index contributed by atoms with van der Waals surface area (Å²) in [7, 11) is 0. The van der Waals surface area contributed by atoms with Crippen molar-refractivity contribution in [3.63, 3.8) is 0 Å². The zero-order valence-electron chi connectivity index (χ0n) is 21.5. The average Bonchev–Trinajstić information content (AvgIpc) is 3.23. The third-order valence-corrected chi connectivity index (χ3v) is 8.78. The van der Waals surface area contributed by atoms with Gasteiger partial charge in [-0.15, -0.1) is 0 Å². The number of aromatic nitrogens is 1. The molecule has 3 aliphatic rings. The minimum Gasteiger partial charge on any atom is -0.461 e. The van der Waals surface area contributed by atoms with Gasteiger partial charge in [0.15, 0.2) is 0 Å². The second kappa shape index (κ2) is 9.58. The van der Waals surface area contributed by atoms with E-state index in [0.29, 0.717) is 17.7 Å². The number of esters is 1. The van der Waals surface area contributed by atoms with E-state index in [1.54, 1.807) is 6.07 Å². The summed E-state index contributed by atoms with van der Waals surface area (Å²) in [5, 5.41) is 4.61. The van der Waals surface area contributed by atoms with E-state index in [0.717, 1.165) is 72.7 Å². The molecular formula is C30H34N4O4. The third kappa shape index (κ3) is 4.26. The van der Waals surface area contributed by atoms with Crippen molar-refractivity contribution in [3.8, 4) is 11.1 Å². The van der Waals surface area contributed by atoms with Gasteiger partial charge in [-0.3, -0.25) is 19.0 Å². The number of carbonyl (C=O) groups is 3. The van der Waals surface area contributed by atoms with Crippen molar-refractivity contribution in [3.05, 3.63) is 53.7 Å². The van der Waals surface area contributed by atoms with Gasteiger partial charge in [-0.05, 0) is 74.1 Å². The molecule has 38 heavy (non-hydrogen) atoms. The third-order valence-electron chi connectivity index (χ3n) is 8.78. The zero-order valence-corrected chi connectivity index (χ0v) is 21.5. The Morgan fingerprint density at radius 3 is 2.50 bits per heavy atom. The Morgan fingerprint density at radius 2 is 1.82 bits per heavy atom. The van der Waals surface area contributed by atoms with Crippen molar-refractivity contribution in [2.45, 2.75) is 69.9 Å². The number of benzene rings is 2. The number of nitrogens with two attached hydrogens (primary N) is 2. The van der Waals surface area contributed by atoms with E-state index in [1.807, 2.05) is 34.9 Å². The first kappa shape index (κ1) is 24.7. The molecule has 3 aromatic rings. The number of carbonyl (C=O) groups excluding carboxylic acids is 3. The fraction of sp³-hybridized carbons (Fsp3) is 0.433. The number of anilines is 1. The van der Waals surface area contributed by atoms with Gasteiger partial charge in [-0.25, -0.2) is 0 Å². The van der Waals surface area contributed by atoms with Crippen LogP contribution in [0.4, 0.5) is 5.69 Å². The SMILES string of the molecule is NCC(=O)O[C@H]1CC[C@H](Nc2cc(-c3c4n(c5ccccc35)C(=O)CC3(CCC3)C4)ccc2C(N)=O)CC1. The van der Waals surface area contributed by atoms with Gasteiger partial charge in [0.1, 0.15) is 6.10 Å². The Bertz CT molecular complexity index is 1430. The summed E-state index contributed by atoms with van der Waals surface area (Å²) >= 11 is 0. The Labute approximate surface area is 221 Å². The summed E-state index contributed by atoms with van der Waals surface area (Å²) in [5.41, 5.74) is 16.4. The minimum absolute atomic E-state index is 0.0798. The van der Waals surface area contributed by atoms with Crippen LogP contribution < -0.4 is 16.8 Å². The molecule has 0 bridgehead atoms. The van der Waals surface area contributed by atoms with Gasteiger partial charge in [0.2, 0.25) is 5.91 Å². The fourth-order valence-electron chi connectivity index (χ4n) is 6.73. The molecule has 0 unspecified atom stereocenters. The van der Waals surface area contributed by atoms with E-state index < -0.39 is 5.91 Å². The van der Waals surface area contributed by atoms with Gasteiger partial charge in [0, 0.05) is 34.8 Å². The largest absolute Gasteiger partial charge is 0.461 e. The van der Waals surface area contributed by atoms with Crippen LogP contribution in [0.2, 0.25) is 0 Å². The topological polar surface area (TPSA) is 129 Å². The number of fused-ring (bicyclic) bond motifs is 3. The van der Waals surface area contributed by atoms with Crippen molar-refractivity contribution >= 4 is 34.4 Å². The molecular weight excluding hydrogens is 480 g/mol. The molecule has 1 aliphatic heterocycles. The normalized spacial score (nSPS) is 22.1. The monoisotopic (exact) mass is 514 g/mol. The van der Waals surface area contributed by atoms with Gasteiger partial charge < -0.3 is 21.5 Å². The number of hydrogen-bond donors (Lipinski definition) is 3. The molecule has 6 rings (SSSR count). The molecule has 0 atom stereocenters. The maximum absolute atomic E-state index is 13.4. The number of hydrogen-bond acceptors (Lipinski definition) is 6. The predicted molar refractivity (Wildman–Crippen MR) is 146 cm³/mol. The highest BCUT2D eigenvalue weighted by molar-refractivity contribution is 6.06. The van der Waals surface area contributed by atoms with E-state index in [2.05, 4.69) is 11.4 Å². The van der Waals surface area contributed by atoms with Crippen molar-refractivity contribution in [1.82, 2.24) is 4.57 Å². The number of rotatable bonds is 6. The van der Waals surface area contributed by atoms with E-state index in [4.69, 9.17) is 16.2 Å². The number of ether oxygens (including phenoxy) is 1. The molecule has 8 heteroatoms. The van der Waals surface area contributed by atoms with E-state index >= 15 is 0 Å². The number of amides is 1. The van der Waals surface area contributed by atoms with E-state index in [9.17, 15) is 14.4 Å². The molecule has 1 amide bonds. The summed E-state index contributed by atoms with van der Waals surface area (Å²) in [6, 6.07) is 14.0. The smallest absolute Gasteiger partial charge is 0.319 e. The Hall–Kier alpha value is -3.65. The first-order chi connectivity index (χ1) is 18.4. The molecule has 2 aromatic carbocycles. The minimum atomic E-state index is -0.489. The molecule has 1 spiro atoms. The summed E-state index contributed by atoms with van der Waals surface area (Å²) in [6.07, 6.45) is 7.79. The summed E-state index contributed by atoms with van der Waals surface area (Å²) in [4.78, 5) is 37.3. The highest BCUT2D eigenvalue weighted by Crippen LogP contribution is 2.52. The summed E-state index contributed by atoms with van der Waals surface area (Å²) in [5.74, 6) is -0.694. The fourth-order valence-corrected chi connectivity index (χ4v) is 6.73. The van der Waals surface area contributed by atoms with Crippen molar-refractivity contribution in [2.24, 2.45) is 16.9 Å². The first-order valence-electron chi connectivity index (χ1n) is 13.6. The van der Waals surface area contributed by atoms with E-state index in [1.165, 1.54) is 6.42 Å². The Balaban J connectivity index is 1.36.